The molecule has 1 heterocycles. The summed E-state index contributed by atoms with van der Waals surface area (Å²) in [5.74, 6) is 1.19. The third kappa shape index (κ3) is 5.59. The predicted octanol–water partition coefficient (Wildman–Crippen LogP) is 2.46. The average molecular weight is 312 g/mol. The number of carboxylic acids is 1. The van der Waals surface area contributed by atoms with E-state index >= 15 is 0 Å². The van der Waals surface area contributed by atoms with Crippen molar-refractivity contribution < 1.29 is 14.7 Å². The highest BCUT2D eigenvalue weighted by molar-refractivity contribution is 5.76. The number of carboxylic acid groups (broad SMARTS) is 1. The van der Waals surface area contributed by atoms with Crippen molar-refractivity contribution >= 4 is 11.9 Å². The van der Waals surface area contributed by atoms with E-state index in [1.807, 2.05) is 7.05 Å². The first-order chi connectivity index (χ1) is 10.1. The lowest BCUT2D eigenvalue weighted by molar-refractivity contribution is -0.137. The van der Waals surface area contributed by atoms with Gasteiger partial charge < -0.3 is 14.9 Å². The first-order valence-corrected chi connectivity index (χ1v) is 8.24. The molecule has 1 amide bonds. The zero-order chi connectivity index (χ0) is 15.2. The second-order valence-electron chi connectivity index (χ2n) is 6.63. The van der Waals surface area contributed by atoms with Gasteiger partial charge in [-0.15, -0.1) is 0 Å². The lowest BCUT2D eigenvalue weighted by Gasteiger charge is -2.20. The summed E-state index contributed by atoms with van der Waals surface area (Å²) in [5, 5.41) is 8.58. The van der Waals surface area contributed by atoms with Crippen molar-refractivity contribution in [2.45, 2.75) is 52.4 Å². The van der Waals surface area contributed by atoms with Gasteiger partial charge in [-0.05, 0) is 37.5 Å². The second-order valence-corrected chi connectivity index (χ2v) is 6.63. The molecule has 0 aromatic heterocycles. The molecule has 1 N–H and O–H groups in total. The van der Waals surface area contributed by atoms with Crippen LogP contribution in [0, 0.1) is 11.8 Å². The van der Waals surface area contributed by atoms with Gasteiger partial charge in [0.25, 0.3) is 0 Å². The molecule has 1 saturated heterocycles. The molecule has 22 heavy (non-hydrogen) atoms. The quantitative estimate of drug-likeness (QED) is 0.699. The smallest absolute Gasteiger partial charge is 0.303 e. The monoisotopic (exact) mass is 312 g/mol. The maximum Gasteiger partial charge on any atom is 0.303 e. The molecule has 2 unspecified atom stereocenters. The summed E-state index contributed by atoms with van der Waals surface area (Å²) in [6.45, 7) is 3.91. The number of carbonyl (C=O) groups excluding carboxylic acids is 1. The molecule has 0 aromatic rings. The van der Waals surface area contributed by atoms with Crippen molar-refractivity contribution in [3.05, 3.63) is 0 Å². The Bertz CT molecular complexity index is 361. The number of nitrogens with zero attached hydrogens (tertiary/aromatic N) is 2. The Kier molecular flexibility index (Phi) is 7.87. The maximum atomic E-state index is 12.1. The van der Waals surface area contributed by atoms with Gasteiger partial charge in [0.15, 0.2) is 0 Å². The number of unbranched alkanes of at least 4 members (excludes halogenated alkanes) is 1. The van der Waals surface area contributed by atoms with Crippen LogP contribution in [0.2, 0.25) is 0 Å². The SMILES string of the molecule is C.CN(CCCCC(=O)O)C(=O)CCN1CC2CCCC2C1. The van der Waals surface area contributed by atoms with Gasteiger partial charge in [0.05, 0.1) is 0 Å². The van der Waals surface area contributed by atoms with Gasteiger partial charge in [-0.3, -0.25) is 9.59 Å². The van der Waals surface area contributed by atoms with E-state index in [0.717, 1.165) is 24.8 Å². The number of amides is 1. The van der Waals surface area contributed by atoms with Crippen LogP contribution < -0.4 is 0 Å². The fourth-order valence-electron chi connectivity index (χ4n) is 3.71. The van der Waals surface area contributed by atoms with Crippen LogP contribution in [0.15, 0.2) is 0 Å². The van der Waals surface area contributed by atoms with E-state index < -0.39 is 5.97 Å². The predicted molar refractivity (Wildman–Crippen MR) is 87.7 cm³/mol. The molecule has 0 bridgehead atoms. The Labute approximate surface area is 134 Å². The third-order valence-electron chi connectivity index (χ3n) is 5.00. The molecule has 1 aliphatic heterocycles. The highest BCUT2D eigenvalue weighted by Gasteiger charge is 2.35. The van der Waals surface area contributed by atoms with Crippen LogP contribution in [0.25, 0.3) is 0 Å². The van der Waals surface area contributed by atoms with Crippen molar-refractivity contribution in [1.29, 1.82) is 0 Å². The molecule has 0 radical (unpaired) electrons. The van der Waals surface area contributed by atoms with Crippen LogP contribution in [-0.4, -0.2) is 60.0 Å². The van der Waals surface area contributed by atoms with Crippen LogP contribution in [0.5, 0.6) is 0 Å². The molecule has 5 heteroatoms. The summed E-state index contributed by atoms with van der Waals surface area (Å²) in [5.41, 5.74) is 0. The van der Waals surface area contributed by atoms with Crippen LogP contribution in [0.1, 0.15) is 52.4 Å². The lowest BCUT2D eigenvalue weighted by Crippen LogP contribution is -2.32. The molecular weight excluding hydrogens is 280 g/mol. The summed E-state index contributed by atoms with van der Waals surface area (Å²) in [7, 11) is 1.82. The lowest BCUT2D eigenvalue weighted by atomic mass is 10.0. The van der Waals surface area contributed by atoms with Crippen LogP contribution in [0.4, 0.5) is 0 Å². The van der Waals surface area contributed by atoms with Gasteiger partial charge in [0.2, 0.25) is 5.91 Å². The largest absolute Gasteiger partial charge is 0.481 e. The molecule has 0 spiro atoms. The number of hydrogen-bond donors (Lipinski definition) is 1. The standard InChI is InChI=1S/C16H28N2O3.CH4/c1-17(9-3-2-7-16(20)21)15(19)8-10-18-11-13-5-4-6-14(13)12-18;/h13-14H,2-12H2,1H3,(H,20,21);1H4. The van der Waals surface area contributed by atoms with Gasteiger partial charge in [0, 0.05) is 46.1 Å². The number of likely N-dealkylation sites (tertiary alicyclic amines) is 1. The normalized spacial score (nSPS) is 23.9. The van der Waals surface area contributed by atoms with Crippen LogP contribution in [-0.2, 0) is 9.59 Å². The fraction of sp³-hybridized carbons (Fsp3) is 0.882. The Morgan fingerprint density at radius 2 is 1.77 bits per heavy atom. The summed E-state index contributed by atoms with van der Waals surface area (Å²) in [6, 6.07) is 0. The van der Waals surface area contributed by atoms with E-state index in [1.54, 1.807) is 4.90 Å². The molecule has 1 saturated carbocycles. The Morgan fingerprint density at radius 3 is 2.36 bits per heavy atom. The molecule has 128 valence electrons. The zero-order valence-electron chi connectivity index (χ0n) is 13.1. The van der Waals surface area contributed by atoms with E-state index in [-0.39, 0.29) is 19.8 Å². The van der Waals surface area contributed by atoms with Crippen molar-refractivity contribution in [1.82, 2.24) is 9.80 Å². The molecule has 2 atom stereocenters. The first-order valence-electron chi connectivity index (χ1n) is 8.24. The minimum atomic E-state index is -0.761. The number of fused-ring (bicyclic) bond motifs is 1. The van der Waals surface area contributed by atoms with Crippen molar-refractivity contribution in [3.8, 4) is 0 Å². The summed E-state index contributed by atoms with van der Waals surface area (Å²) in [6.07, 6.45) is 6.33. The summed E-state index contributed by atoms with van der Waals surface area (Å²) >= 11 is 0. The molecule has 0 aromatic carbocycles. The molecule has 2 aliphatic rings. The summed E-state index contributed by atoms with van der Waals surface area (Å²) in [4.78, 5) is 26.7. The minimum absolute atomic E-state index is 0. The zero-order valence-corrected chi connectivity index (χ0v) is 13.1. The van der Waals surface area contributed by atoms with E-state index in [9.17, 15) is 9.59 Å². The van der Waals surface area contributed by atoms with Crippen molar-refractivity contribution in [3.63, 3.8) is 0 Å². The first kappa shape index (κ1) is 18.9. The van der Waals surface area contributed by atoms with E-state index in [4.69, 9.17) is 5.11 Å². The molecule has 5 nitrogen and oxygen atoms in total. The minimum Gasteiger partial charge on any atom is -0.481 e. The number of rotatable bonds is 8. The molecule has 2 fully saturated rings. The Hall–Kier alpha value is -1.10. The summed E-state index contributed by atoms with van der Waals surface area (Å²) < 4.78 is 0. The number of hydrogen-bond acceptors (Lipinski definition) is 3. The van der Waals surface area contributed by atoms with E-state index in [0.29, 0.717) is 19.4 Å². The van der Waals surface area contributed by atoms with Crippen molar-refractivity contribution in [2.24, 2.45) is 11.8 Å². The highest BCUT2D eigenvalue weighted by atomic mass is 16.4. The average Bonchev–Trinajstić information content (AvgIpc) is 3.01. The highest BCUT2D eigenvalue weighted by Crippen LogP contribution is 2.37. The topological polar surface area (TPSA) is 60.9 Å². The van der Waals surface area contributed by atoms with Gasteiger partial charge in [-0.1, -0.05) is 13.8 Å². The van der Waals surface area contributed by atoms with Gasteiger partial charge in [-0.2, -0.15) is 0 Å². The van der Waals surface area contributed by atoms with E-state index in [1.165, 1.54) is 32.4 Å². The van der Waals surface area contributed by atoms with Crippen molar-refractivity contribution in [2.75, 3.05) is 33.2 Å². The maximum absolute atomic E-state index is 12.1. The number of aliphatic carboxylic acids is 1. The van der Waals surface area contributed by atoms with Crippen LogP contribution >= 0.6 is 0 Å². The number of carbonyl (C=O) groups is 2. The van der Waals surface area contributed by atoms with Gasteiger partial charge in [-0.25, -0.2) is 0 Å². The Morgan fingerprint density at radius 1 is 1.14 bits per heavy atom. The van der Waals surface area contributed by atoms with Gasteiger partial charge in [0.1, 0.15) is 0 Å². The Balaban J connectivity index is 0.00000242. The molecular formula is C17H32N2O3. The van der Waals surface area contributed by atoms with Gasteiger partial charge >= 0.3 is 5.97 Å². The molecule has 1 aliphatic carbocycles. The fourth-order valence-corrected chi connectivity index (χ4v) is 3.71. The third-order valence-corrected chi connectivity index (χ3v) is 5.00. The second kappa shape index (κ2) is 9.13. The van der Waals surface area contributed by atoms with E-state index in [2.05, 4.69) is 4.90 Å². The molecule has 2 rings (SSSR count). The van der Waals surface area contributed by atoms with Crippen LogP contribution in [0.3, 0.4) is 0 Å².